The van der Waals surface area contributed by atoms with Crippen LogP contribution in [0.1, 0.15) is 18.5 Å². The lowest BCUT2D eigenvalue weighted by molar-refractivity contribution is 0.405. The molecule has 0 aliphatic carbocycles. The van der Waals surface area contributed by atoms with Crippen molar-refractivity contribution in [2.24, 2.45) is 0 Å². The van der Waals surface area contributed by atoms with Gasteiger partial charge in [-0.05, 0) is 43.2 Å². The van der Waals surface area contributed by atoms with Crippen molar-refractivity contribution in [3.05, 3.63) is 72.7 Å². The summed E-state index contributed by atoms with van der Waals surface area (Å²) in [6.07, 6.45) is 5.06. The minimum absolute atomic E-state index is 0.520. The number of para-hydroxylation sites is 1. The molecule has 0 unspecified atom stereocenters. The van der Waals surface area contributed by atoms with Gasteiger partial charge in [-0.3, -0.25) is 10.1 Å². The number of fused-ring (bicyclic) bond motifs is 1. The average molecular weight is 380 g/mol. The van der Waals surface area contributed by atoms with E-state index in [4.69, 9.17) is 0 Å². The molecule has 0 atom stereocenters. The van der Waals surface area contributed by atoms with Crippen molar-refractivity contribution in [3.8, 4) is 17.3 Å². The summed E-state index contributed by atoms with van der Waals surface area (Å²) >= 11 is 0. The minimum atomic E-state index is -0.520. The van der Waals surface area contributed by atoms with Crippen molar-refractivity contribution < 1.29 is 0 Å². The van der Waals surface area contributed by atoms with Gasteiger partial charge in [0.25, 0.3) is 0 Å². The Morgan fingerprint density at radius 2 is 1.79 bits per heavy atom. The third kappa shape index (κ3) is 3.01. The summed E-state index contributed by atoms with van der Waals surface area (Å²) in [5.41, 5.74) is 3.34. The summed E-state index contributed by atoms with van der Waals surface area (Å²) in [6.45, 7) is 1.53. The van der Waals surface area contributed by atoms with Crippen molar-refractivity contribution in [3.63, 3.8) is 0 Å². The first-order valence-electron chi connectivity index (χ1n) is 9.76. The molecule has 0 amide bonds. The summed E-state index contributed by atoms with van der Waals surface area (Å²) in [5, 5.41) is 18.6. The molecule has 1 saturated heterocycles. The Labute approximate surface area is 168 Å². The molecule has 1 fully saturated rings. The number of nitrogens with zero attached hydrogens (tertiary/aromatic N) is 5. The van der Waals surface area contributed by atoms with Crippen LogP contribution in [0.2, 0.25) is 0 Å². The lowest BCUT2D eigenvalue weighted by atomic mass is 9.76. The normalized spacial score (nSPS) is 15.9. The molecular weight excluding hydrogens is 360 g/mol. The molecule has 4 aromatic rings. The molecule has 5 rings (SSSR count). The quantitative estimate of drug-likeness (QED) is 0.579. The SMILES string of the molecule is N#CC1(c2ccccn2)CCN(c2cc(-c3n[nH]c4ccccc34)ccn2)CC1. The molecule has 6 nitrogen and oxygen atoms in total. The fraction of sp³-hybridized carbons (Fsp3) is 0.217. The van der Waals surface area contributed by atoms with Crippen LogP contribution in [0.5, 0.6) is 0 Å². The molecule has 0 bridgehead atoms. The summed E-state index contributed by atoms with van der Waals surface area (Å²) in [6, 6.07) is 20.5. The Morgan fingerprint density at radius 1 is 0.966 bits per heavy atom. The number of piperidine rings is 1. The second kappa shape index (κ2) is 7.02. The Balaban J connectivity index is 1.41. The van der Waals surface area contributed by atoms with Gasteiger partial charge in [0.2, 0.25) is 0 Å². The highest BCUT2D eigenvalue weighted by Crippen LogP contribution is 2.36. The molecule has 1 aliphatic heterocycles. The van der Waals surface area contributed by atoms with Crippen molar-refractivity contribution in [2.45, 2.75) is 18.3 Å². The van der Waals surface area contributed by atoms with Gasteiger partial charge in [0.15, 0.2) is 0 Å². The average Bonchev–Trinajstić information content (AvgIpc) is 3.24. The Kier molecular flexibility index (Phi) is 4.21. The van der Waals surface area contributed by atoms with E-state index >= 15 is 0 Å². The van der Waals surface area contributed by atoms with E-state index in [1.165, 1.54) is 0 Å². The highest BCUT2D eigenvalue weighted by Gasteiger charge is 2.38. The summed E-state index contributed by atoms with van der Waals surface area (Å²) < 4.78 is 0. The number of pyridine rings is 2. The molecule has 4 heterocycles. The number of aromatic amines is 1. The number of hydrogen-bond acceptors (Lipinski definition) is 5. The third-order valence-electron chi connectivity index (χ3n) is 5.80. The molecule has 29 heavy (non-hydrogen) atoms. The van der Waals surface area contributed by atoms with Crippen LogP contribution in [0.4, 0.5) is 5.82 Å². The Morgan fingerprint density at radius 3 is 2.59 bits per heavy atom. The standard InChI is InChI=1S/C23H20N6/c24-16-23(20-7-3-4-11-25-20)9-13-29(14-10-23)21-15-17(8-12-26-21)22-18-5-1-2-6-19(18)27-28-22/h1-8,11-12,15H,9-10,13-14H2,(H,27,28). The van der Waals surface area contributed by atoms with Crippen LogP contribution in [-0.4, -0.2) is 33.3 Å². The first kappa shape index (κ1) is 17.4. The van der Waals surface area contributed by atoms with Crippen LogP contribution in [0.3, 0.4) is 0 Å². The van der Waals surface area contributed by atoms with Crippen molar-refractivity contribution >= 4 is 16.7 Å². The van der Waals surface area contributed by atoms with E-state index in [0.717, 1.165) is 59.6 Å². The maximum Gasteiger partial charge on any atom is 0.129 e. The maximum absolute atomic E-state index is 9.89. The van der Waals surface area contributed by atoms with Crippen LogP contribution < -0.4 is 4.90 Å². The van der Waals surface area contributed by atoms with Gasteiger partial charge in [0.1, 0.15) is 16.9 Å². The first-order chi connectivity index (χ1) is 14.3. The Hall–Kier alpha value is -3.72. The molecule has 0 saturated carbocycles. The fourth-order valence-electron chi connectivity index (χ4n) is 4.11. The molecule has 1 aliphatic rings. The van der Waals surface area contributed by atoms with Gasteiger partial charge >= 0.3 is 0 Å². The van der Waals surface area contributed by atoms with E-state index < -0.39 is 5.41 Å². The monoisotopic (exact) mass is 380 g/mol. The lowest BCUT2D eigenvalue weighted by Crippen LogP contribution is -2.42. The third-order valence-corrected chi connectivity index (χ3v) is 5.80. The smallest absolute Gasteiger partial charge is 0.129 e. The zero-order valence-corrected chi connectivity index (χ0v) is 15.9. The van der Waals surface area contributed by atoms with E-state index in [9.17, 15) is 5.26 Å². The fourth-order valence-corrected chi connectivity index (χ4v) is 4.11. The van der Waals surface area contributed by atoms with Gasteiger partial charge in [0, 0.05) is 36.4 Å². The van der Waals surface area contributed by atoms with Crippen LogP contribution >= 0.6 is 0 Å². The summed E-state index contributed by atoms with van der Waals surface area (Å²) in [5.74, 6) is 0.919. The summed E-state index contributed by atoms with van der Waals surface area (Å²) in [7, 11) is 0. The van der Waals surface area contributed by atoms with Gasteiger partial charge in [0.05, 0.1) is 17.3 Å². The highest BCUT2D eigenvalue weighted by atomic mass is 15.2. The van der Waals surface area contributed by atoms with Crippen LogP contribution in [0.25, 0.3) is 22.2 Å². The number of nitrogens with one attached hydrogen (secondary N) is 1. The molecule has 142 valence electrons. The molecule has 0 radical (unpaired) electrons. The molecule has 6 heteroatoms. The zero-order valence-electron chi connectivity index (χ0n) is 15.9. The second-order valence-electron chi connectivity index (χ2n) is 7.42. The van der Waals surface area contributed by atoms with E-state index in [1.54, 1.807) is 6.20 Å². The topological polar surface area (TPSA) is 81.5 Å². The molecule has 1 aromatic carbocycles. The van der Waals surface area contributed by atoms with E-state index in [-0.39, 0.29) is 0 Å². The van der Waals surface area contributed by atoms with Gasteiger partial charge < -0.3 is 4.90 Å². The number of anilines is 1. The second-order valence-corrected chi connectivity index (χ2v) is 7.42. The number of aromatic nitrogens is 4. The number of hydrogen-bond donors (Lipinski definition) is 1. The molecule has 3 aromatic heterocycles. The van der Waals surface area contributed by atoms with Crippen molar-refractivity contribution in [2.75, 3.05) is 18.0 Å². The van der Waals surface area contributed by atoms with Crippen LogP contribution in [0, 0.1) is 11.3 Å². The van der Waals surface area contributed by atoms with E-state index in [0.29, 0.717) is 0 Å². The Bertz CT molecular complexity index is 1180. The first-order valence-corrected chi connectivity index (χ1v) is 9.76. The lowest BCUT2D eigenvalue weighted by Gasteiger charge is -2.37. The molecule has 0 spiro atoms. The van der Waals surface area contributed by atoms with Gasteiger partial charge in [-0.25, -0.2) is 4.98 Å². The van der Waals surface area contributed by atoms with E-state index in [2.05, 4.69) is 43.3 Å². The molecular formula is C23H20N6. The highest BCUT2D eigenvalue weighted by molar-refractivity contribution is 5.93. The predicted molar refractivity (Wildman–Crippen MR) is 112 cm³/mol. The number of benzene rings is 1. The predicted octanol–water partition coefficient (Wildman–Crippen LogP) is 4.08. The van der Waals surface area contributed by atoms with Gasteiger partial charge in [-0.2, -0.15) is 10.4 Å². The maximum atomic E-state index is 9.89. The minimum Gasteiger partial charge on any atom is -0.356 e. The van der Waals surface area contributed by atoms with Crippen molar-refractivity contribution in [1.29, 1.82) is 5.26 Å². The van der Waals surface area contributed by atoms with Crippen molar-refractivity contribution in [1.82, 2.24) is 20.2 Å². The summed E-state index contributed by atoms with van der Waals surface area (Å²) in [4.78, 5) is 11.3. The van der Waals surface area contributed by atoms with E-state index in [1.807, 2.05) is 48.7 Å². The number of H-pyrrole nitrogens is 1. The molecule has 1 N–H and O–H groups in total. The largest absolute Gasteiger partial charge is 0.356 e. The van der Waals surface area contributed by atoms with Crippen LogP contribution in [0.15, 0.2) is 67.0 Å². The number of rotatable bonds is 3. The number of nitriles is 1. The van der Waals surface area contributed by atoms with Gasteiger partial charge in [-0.15, -0.1) is 0 Å². The van der Waals surface area contributed by atoms with Gasteiger partial charge in [-0.1, -0.05) is 24.3 Å². The van der Waals surface area contributed by atoms with Crippen LogP contribution in [-0.2, 0) is 5.41 Å². The zero-order chi connectivity index (χ0) is 19.7.